The summed E-state index contributed by atoms with van der Waals surface area (Å²) in [5.41, 5.74) is 0.777. The van der Waals surface area contributed by atoms with Gasteiger partial charge in [0.25, 0.3) is 5.69 Å². The largest absolute Gasteiger partial charge is 0.270 e. The lowest BCUT2D eigenvalue weighted by Gasteiger charge is -2.00. The average molecular weight is 254 g/mol. The molecule has 2 rings (SSSR count). The molecular formula is C11H8ClNO2S. The zero-order valence-corrected chi connectivity index (χ0v) is 10.0. The summed E-state index contributed by atoms with van der Waals surface area (Å²) in [4.78, 5) is 12.4. The molecule has 0 radical (unpaired) electrons. The predicted octanol–water partition coefficient (Wildman–Crippen LogP) is 4.29. The number of aryl methyl sites for hydroxylation is 1. The van der Waals surface area contributed by atoms with E-state index in [1.807, 2.05) is 19.1 Å². The van der Waals surface area contributed by atoms with Crippen LogP contribution in [0.5, 0.6) is 0 Å². The van der Waals surface area contributed by atoms with E-state index in [4.69, 9.17) is 11.6 Å². The number of hydrogen-bond donors (Lipinski definition) is 0. The highest BCUT2D eigenvalue weighted by atomic mass is 35.5. The van der Waals surface area contributed by atoms with Crippen LogP contribution in [0.1, 0.15) is 4.88 Å². The fourth-order valence-electron chi connectivity index (χ4n) is 1.39. The maximum absolute atomic E-state index is 10.7. The lowest BCUT2D eigenvalue weighted by atomic mass is 10.1. The van der Waals surface area contributed by atoms with Crippen molar-refractivity contribution in [2.75, 3.05) is 0 Å². The third-order valence-corrected chi connectivity index (χ3v) is 3.53. The molecule has 0 saturated heterocycles. The highest BCUT2D eigenvalue weighted by Gasteiger charge is 2.12. The second-order valence-corrected chi connectivity index (χ2v) is 5.03. The maximum atomic E-state index is 10.7. The van der Waals surface area contributed by atoms with Gasteiger partial charge in [0, 0.05) is 32.5 Å². The summed E-state index contributed by atoms with van der Waals surface area (Å²) in [7, 11) is 0. The molecule has 16 heavy (non-hydrogen) atoms. The number of nitro groups is 1. The highest BCUT2D eigenvalue weighted by molar-refractivity contribution is 7.15. The van der Waals surface area contributed by atoms with Gasteiger partial charge in [-0.1, -0.05) is 11.6 Å². The van der Waals surface area contributed by atoms with E-state index < -0.39 is 4.92 Å². The zero-order valence-electron chi connectivity index (χ0n) is 8.44. The van der Waals surface area contributed by atoms with Crippen molar-refractivity contribution in [2.45, 2.75) is 6.92 Å². The van der Waals surface area contributed by atoms with Crippen molar-refractivity contribution in [3.05, 3.63) is 50.3 Å². The van der Waals surface area contributed by atoms with Gasteiger partial charge >= 0.3 is 0 Å². The minimum Gasteiger partial charge on any atom is -0.258 e. The molecule has 0 unspecified atom stereocenters. The van der Waals surface area contributed by atoms with Crippen LogP contribution in [0.4, 0.5) is 5.69 Å². The van der Waals surface area contributed by atoms with Gasteiger partial charge in [-0.25, -0.2) is 0 Å². The molecule has 0 N–H and O–H groups in total. The Bertz CT molecular complexity index is 551. The molecule has 2 aromatic rings. The van der Waals surface area contributed by atoms with Crippen molar-refractivity contribution < 1.29 is 4.92 Å². The summed E-state index contributed by atoms with van der Waals surface area (Å²) < 4.78 is 0. The SMILES string of the molecule is Cc1ccc(-c2cc([N+](=O)[O-])ccc2Cl)s1. The number of nitrogens with zero attached hydrogens (tertiary/aromatic N) is 1. The predicted molar refractivity (Wildman–Crippen MR) is 66.2 cm³/mol. The standard InChI is InChI=1S/C11H8ClNO2S/c1-7-2-5-11(16-7)9-6-8(13(14)15)3-4-10(9)12/h2-6H,1H3. The van der Waals surface area contributed by atoms with Crippen LogP contribution in [0.2, 0.25) is 5.02 Å². The Morgan fingerprint density at radius 2 is 2.06 bits per heavy atom. The molecule has 0 fully saturated rings. The number of hydrogen-bond acceptors (Lipinski definition) is 3. The molecule has 0 aliphatic carbocycles. The van der Waals surface area contributed by atoms with E-state index in [1.165, 1.54) is 12.1 Å². The second-order valence-electron chi connectivity index (χ2n) is 3.33. The Kier molecular flexibility index (Phi) is 2.94. The number of nitro benzene ring substituents is 1. The van der Waals surface area contributed by atoms with Gasteiger partial charge in [-0.2, -0.15) is 0 Å². The smallest absolute Gasteiger partial charge is 0.258 e. The van der Waals surface area contributed by atoms with E-state index in [0.717, 1.165) is 9.75 Å². The molecule has 0 spiro atoms. The van der Waals surface area contributed by atoms with E-state index >= 15 is 0 Å². The van der Waals surface area contributed by atoms with E-state index in [2.05, 4.69) is 0 Å². The first kappa shape index (κ1) is 11.1. The van der Waals surface area contributed by atoms with Crippen LogP contribution in [-0.2, 0) is 0 Å². The average Bonchev–Trinajstić information content (AvgIpc) is 2.65. The summed E-state index contributed by atoms with van der Waals surface area (Å²) >= 11 is 7.60. The van der Waals surface area contributed by atoms with Crippen molar-refractivity contribution in [3.8, 4) is 10.4 Å². The van der Waals surface area contributed by atoms with Crippen molar-refractivity contribution in [1.82, 2.24) is 0 Å². The molecule has 1 aromatic heterocycles. The topological polar surface area (TPSA) is 43.1 Å². The first-order valence-electron chi connectivity index (χ1n) is 4.58. The summed E-state index contributed by atoms with van der Waals surface area (Å²) in [6.07, 6.45) is 0. The third kappa shape index (κ3) is 2.08. The van der Waals surface area contributed by atoms with Gasteiger partial charge in [-0.15, -0.1) is 11.3 Å². The van der Waals surface area contributed by atoms with Crippen LogP contribution in [0.15, 0.2) is 30.3 Å². The van der Waals surface area contributed by atoms with Crippen LogP contribution in [0, 0.1) is 17.0 Å². The van der Waals surface area contributed by atoms with Crippen molar-refractivity contribution in [1.29, 1.82) is 0 Å². The molecule has 0 atom stereocenters. The summed E-state index contributed by atoms with van der Waals surface area (Å²) in [5.74, 6) is 0. The van der Waals surface area contributed by atoms with E-state index in [-0.39, 0.29) is 5.69 Å². The van der Waals surface area contributed by atoms with Gasteiger partial charge in [-0.05, 0) is 25.1 Å². The zero-order chi connectivity index (χ0) is 11.7. The Labute approximate surface area is 101 Å². The quantitative estimate of drug-likeness (QED) is 0.592. The molecule has 1 aromatic carbocycles. The number of thiophene rings is 1. The molecule has 0 aliphatic rings. The van der Waals surface area contributed by atoms with Gasteiger partial charge < -0.3 is 0 Å². The molecular weight excluding hydrogens is 246 g/mol. The second kappa shape index (κ2) is 4.23. The maximum Gasteiger partial charge on any atom is 0.270 e. The first-order valence-corrected chi connectivity index (χ1v) is 5.78. The Balaban J connectivity index is 2.55. The normalized spacial score (nSPS) is 10.4. The molecule has 0 aliphatic heterocycles. The van der Waals surface area contributed by atoms with Crippen LogP contribution in [0.3, 0.4) is 0 Å². The molecule has 0 bridgehead atoms. The van der Waals surface area contributed by atoms with Crippen LogP contribution in [0.25, 0.3) is 10.4 Å². The van der Waals surface area contributed by atoms with Crippen LogP contribution < -0.4 is 0 Å². The molecule has 0 saturated carbocycles. The highest BCUT2D eigenvalue weighted by Crippen LogP contribution is 2.35. The van der Waals surface area contributed by atoms with Gasteiger partial charge in [-0.3, -0.25) is 10.1 Å². The number of halogens is 1. The monoisotopic (exact) mass is 253 g/mol. The van der Waals surface area contributed by atoms with E-state index in [0.29, 0.717) is 10.6 Å². The van der Waals surface area contributed by atoms with E-state index in [9.17, 15) is 10.1 Å². The molecule has 0 amide bonds. The van der Waals surface area contributed by atoms with Gasteiger partial charge in [0.15, 0.2) is 0 Å². The number of non-ortho nitro benzene ring substituents is 1. The van der Waals surface area contributed by atoms with Gasteiger partial charge in [0.1, 0.15) is 0 Å². The summed E-state index contributed by atoms with van der Waals surface area (Å²) in [6, 6.07) is 8.37. The number of rotatable bonds is 2. The Morgan fingerprint density at radius 1 is 1.31 bits per heavy atom. The van der Waals surface area contributed by atoms with Gasteiger partial charge in [0.2, 0.25) is 0 Å². The Morgan fingerprint density at radius 3 is 2.62 bits per heavy atom. The summed E-state index contributed by atoms with van der Waals surface area (Å²) in [6.45, 7) is 1.99. The van der Waals surface area contributed by atoms with Crippen molar-refractivity contribution >= 4 is 28.6 Å². The molecule has 5 heteroatoms. The minimum absolute atomic E-state index is 0.0606. The van der Waals surface area contributed by atoms with Crippen LogP contribution in [-0.4, -0.2) is 4.92 Å². The summed E-state index contributed by atoms with van der Waals surface area (Å²) in [5, 5.41) is 11.2. The molecule has 82 valence electrons. The van der Waals surface area contributed by atoms with Crippen molar-refractivity contribution in [3.63, 3.8) is 0 Å². The lowest BCUT2D eigenvalue weighted by molar-refractivity contribution is -0.384. The molecule has 1 heterocycles. The number of benzene rings is 1. The minimum atomic E-state index is -0.416. The van der Waals surface area contributed by atoms with Crippen molar-refractivity contribution in [2.24, 2.45) is 0 Å². The first-order chi connectivity index (χ1) is 7.58. The molecule has 3 nitrogen and oxygen atoms in total. The van der Waals surface area contributed by atoms with Gasteiger partial charge in [0.05, 0.1) is 4.92 Å². The fourth-order valence-corrected chi connectivity index (χ4v) is 2.57. The third-order valence-electron chi connectivity index (χ3n) is 2.17. The van der Waals surface area contributed by atoms with Crippen LogP contribution >= 0.6 is 22.9 Å². The lowest BCUT2D eigenvalue weighted by Crippen LogP contribution is -1.88. The Hall–Kier alpha value is -1.39. The van der Waals surface area contributed by atoms with E-state index in [1.54, 1.807) is 17.4 Å². The fraction of sp³-hybridized carbons (Fsp3) is 0.0909.